The zero-order chi connectivity index (χ0) is 16.3. The molecule has 0 aliphatic rings. The molecule has 0 unspecified atom stereocenters. The van der Waals surface area contributed by atoms with Crippen molar-refractivity contribution in [1.82, 2.24) is 18.8 Å². The van der Waals surface area contributed by atoms with Gasteiger partial charge in [0.05, 0.1) is 18.5 Å². The van der Waals surface area contributed by atoms with Gasteiger partial charge in [-0.05, 0) is 19.1 Å². The minimum Gasteiger partial charge on any atom is -0.322 e. The number of carbonyl (C=O) groups is 1. The molecular weight excluding hydrogens is 306 g/mol. The number of amides is 1. The van der Waals surface area contributed by atoms with Crippen LogP contribution in [0.4, 0.5) is 5.69 Å². The molecule has 2 aromatic rings. The second-order valence-corrected chi connectivity index (χ2v) is 6.88. The first-order valence-corrected chi connectivity index (χ1v) is 8.30. The zero-order valence-corrected chi connectivity index (χ0v) is 13.3. The van der Waals surface area contributed by atoms with Gasteiger partial charge in [-0.2, -0.15) is 4.31 Å². The Balaban J connectivity index is 2.21. The lowest BCUT2D eigenvalue weighted by molar-refractivity contribution is -0.116. The molecule has 0 fully saturated rings. The molecular formula is C13H17N5O3S. The summed E-state index contributed by atoms with van der Waals surface area (Å²) in [6.07, 6.45) is 6.01. The summed E-state index contributed by atoms with van der Waals surface area (Å²) in [5.74, 6) is 0.801. The van der Waals surface area contributed by atoms with Crippen molar-refractivity contribution in [3.8, 4) is 5.82 Å². The molecule has 2 rings (SSSR count). The number of rotatable bonds is 5. The van der Waals surface area contributed by atoms with Gasteiger partial charge >= 0.3 is 0 Å². The Kier molecular flexibility index (Phi) is 4.57. The Morgan fingerprint density at radius 1 is 1.36 bits per heavy atom. The molecule has 0 aliphatic heterocycles. The highest BCUT2D eigenvalue weighted by Crippen LogP contribution is 2.18. The fraction of sp³-hybridized carbons (Fsp3) is 0.308. The molecule has 0 saturated heterocycles. The number of pyridine rings is 1. The number of likely N-dealkylation sites (N-methyl/N-ethyl adjacent to an activating group) is 1. The normalized spacial score (nSPS) is 11.6. The minimum absolute atomic E-state index is 0.268. The minimum atomic E-state index is -3.41. The molecule has 0 spiro atoms. The van der Waals surface area contributed by atoms with Gasteiger partial charge in [0.2, 0.25) is 15.9 Å². The third kappa shape index (κ3) is 3.68. The van der Waals surface area contributed by atoms with E-state index < -0.39 is 15.9 Å². The van der Waals surface area contributed by atoms with Gasteiger partial charge in [0, 0.05) is 25.6 Å². The molecule has 2 heterocycles. The van der Waals surface area contributed by atoms with Gasteiger partial charge in [0.25, 0.3) is 0 Å². The van der Waals surface area contributed by atoms with E-state index >= 15 is 0 Å². The van der Waals surface area contributed by atoms with E-state index in [1.54, 1.807) is 35.3 Å². The average molecular weight is 323 g/mol. The van der Waals surface area contributed by atoms with Crippen LogP contribution in [0.25, 0.3) is 5.82 Å². The number of aryl methyl sites for hydroxylation is 1. The highest BCUT2D eigenvalue weighted by Gasteiger charge is 2.17. The standard InChI is InChI=1S/C13H17N5O3S/c1-10-14-7-8-18(10)13-11(5-4-6-15-13)16-12(19)9-17(2)22(3,20)21/h4-8H,9H2,1-3H3,(H,16,19). The van der Waals surface area contributed by atoms with Crippen molar-refractivity contribution in [3.63, 3.8) is 0 Å². The Morgan fingerprint density at radius 3 is 2.68 bits per heavy atom. The van der Waals surface area contributed by atoms with Crippen molar-refractivity contribution < 1.29 is 13.2 Å². The molecule has 0 atom stereocenters. The third-order valence-electron chi connectivity index (χ3n) is 3.05. The smallest absolute Gasteiger partial charge is 0.239 e. The van der Waals surface area contributed by atoms with Crippen molar-refractivity contribution in [2.24, 2.45) is 0 Å². The summed E-state index contributed by atoms with van der Waals surface area (Å²) in [5.41, 5.74) is 0.482. The lowest BCUT2D eigenvalue weighted by atomic mass is 10.3. The zero-order valence-electron chi connectivity index (χ0n) is 12.5. The molecule has 0 radical (unpaired) electrons. The molecule has 9 heteroatoms. The van der Waals surface area contributed by atoms with E-state index in [9.17, 15) is 13.2 Å². The number of nitrogens with zero attached hydrogens (tertiary/aromatic N) is 4. The molecule has 1 amide bonds. The van der Waals surface area contributed by atoms with E-state index in [1.807, 2.05) is 6.92 Å². The van der Waals surface area contributed by atoms with Crippen LogP contribution in [0.3, 0.4) is 0 Å². The second-order valence-electron chi connectivity index (χ2n) is 4.79. The van der Waals surface area contributed by atoms with Gasteiger partial charge in [0.15, 0.2) is 5.82 Å². The van der Waals surface area contributed by atoms with Crippen LogP contribution in [-0.2, 0) is 14.8 Å². The summed E-state index contributed by atoms with van der Waals surface area (Å²) in [6.45, 7) is 1.55. The summed E-state index contributed by atoms with van der Waals surface area (Å²) in [7, 11) is -2.06. The fourth-order valence-corrected chi connectivity index (χ4v) is 2.15. The first kappa shape index (κ1) is 16.1. The van der Waals surface area contributed by atoms with Crippen LogP contribution in [0.15, 0.2) is 30.7 Å². The van der Waals surface area contributed by atoms with E-state index in [0.717, 1.165) is 16.4 Å². The van der Waals surface area contributed by atoms with Crippen molar-refractivity contribution in [2.45, 2.75) is 6.92 Å². The van der Waals surface area contributed by atoms with Crippen LogP contribution in [0.1, 0.15) is 5.82 Å². The molecule has 0 aliphatic carbocycles. The topological polar surface area (TPSA) is 97.2 Å². The van der Waals surface area contributed by atoms with Crippen molar-refractivity contribution >= 4 is 21.6 Å². The van der Waals surface area contributed by atoms with E-state index in [2.05, 4.69) is 15.3 Å². The lowest BCUT2D eigenvalue weighted by Crippen LogP contribution is -2.34. The van der Waals surface area contributed by atoms with E-state index in [1.165, 1.54) is 7.05 Å². The summed E-state index contributed by atoms with van der Waals surface area (Å²) >= 11 is 0. The SMILES string of the molecule is Cc1nccn1-c1ncccc1NC(=O)CN(C)S(C)(=O)=O. The molecule has 2 aromatic heterocycles. The maximum atomic E-state index is 12.0. The van der Waals surface area contributed by atoms with E-state index in [0.29, 0.717) is 11.5 Å². The number of imidazole rings is 1. The number of anilines is 1. The first-order chi connectivity index (χ1) is 10.3. The predicted octanol–water partition coefficient (Wildman–Crippen LogP) is 0.406. The molecule has 0 aromatic carbocycles. The van der Waals surface area contributed by atoms with Gasteiger partial charge < -0.3 is 5.32 Å². The number of sulfonamides is 1. The Hall–Kier alpha value is -2.26. The highest BCUT2D eigenvalue weighted by molar-refractivity contribution is 7.88. The van der Waals surface area contributed by atoms with Gasteiger partial charge in [-0.3, -0.25) is 9.36 Å². The largest absolute Gasteiger partial charge is 0.322 e. The lowest BCUT2D eigenvalue weighted by Gasteiger charge is -2.15. The third-order valence-corrected chi connectivity index (χ3v) is 4.31. The van der Waals surface area contributed by atoms with Gasteiger partial charge in [-0.25, -0.2) is 18.4 Å². The second kappa shape index (κ2) is 6.24. The summed E-state index contributed by atoms with van der Waals surface area (Å²) in [5, 5.41) is 2.67. The number of carbonyl (C=O) groups excluding carboxylic acids is 1. The van der Waals surface area contributed by atoms with E-state index in [-0.39, 0.29) is 6.54 Å². The first-order valence-electron chi connectivity index (χ1n) is 6.45. The van der Waals surface area contributed by atoms with Gasteiger partial charge in [-0.15, -0.1) is 0 Å². The quantitative estimate of drug-likeness (QED) is 0.859. The Morgan fingerprint density at radius 2 is 2.09 bits per heavy atom. The van der Waals surface area contributed by atoms with Crippen LogP contribution in [-0.4, -0.2) is 53.0 Å². The van der Waals surface area contributed by atoms with Crippen LogP contribution < -0.4 is 5.32 Å². The molecule has 1 N–H and O–H groups in total. The van der Waals surface area contributed by atoms with Gasteiger partial charge in [0.1, 0.15) is 5.82 Å². The molecule has 8 nitrogen and oxygen atoms in total. The predicted molar refractivity (Wildman–Crippen MR) is 82.2 cm³/mol. The number of aromatic nitrogens is 3. The van der Waals surface area contributed by atoms with Gasteiger partial charge in [-0.1, -0.05) is 0 Å². The Bertz CT molecular complexity index is 784. The summed E-state index contributed by atoms with van der Waals surface area (Å²) in [4.78, 5) is 20.4. The maximum absolute atomic E-state index is 12.0. The molecule has 0 saturated carbocycles. The van der Waals surface area contributed by atoms with Crippen molar-refractivity contribution in [2.75, 3.05) is 25.2 Å². The monoisotopic (exact) mass is 323 g/mol. The summed E-state index contributed by atoms with van der Waals surface area (Å²) in [6, 6.07) is 3.38. The van der Waals surface area contributed by atoms with Crippen LogP contribution >= 0.6 is 0 Å². The van der Waals surface area contributed by atoms with Crippen LogP contribution in [0.5, 0.6) is 0 Å². The highest BCUT2D eigenvalue weighted by atomic mass is 32.2. The van der Waals surface area contributed by atoms with Crippen LogP contribution in [0, 0.1) is 6.92 Å². The Labute approximate surface area is 128 Å². The fourth-order valence-electron chi connectivity index (χ4n) is 1.80. The number of hydrogen-bond acceptors (Lipinski definition) is 5. The number of hydrogen-bond donors (Lipinski definition) is 1. The van der Waals surface area contributed by atoms with Crippen molar-refractivity contribution in [1.29, 1.82) is 0 Å². The molecule has 118 valence electrons. The summed E-state index contributed by atoms with van der Waals surface area (Å²) < 4.78 is 25.4. The number of nitrogens with one attached hydrogen (secondary N) is 1. The average Bonchev–Trinajstić information content (AvgIpc) is 2.84. The maximum Gasteiger partial charge on any atom is 0.239 e. The van der Waals surface area contributed by atoms with Crippen LogP contribution in [0.2, 0.25) is 0 Å². The molecule has 0 bridgehead atoms. The van der Waals surface area contributed by atoms with Crippen molar-refractivity contribution in [3.05, 3.63) is 36.5 Å². The molecule has 22 heavy (non-hydrogen) atoms. The van der Waals surface area contributed by atoms with E-state index in [4.69, 9.17) is 0 Å².